The summed E-state index contributed by atoms with van der Waals surface area (Å²) in [5.74, 6) is 2.01. The highest BCUT2D eigenvalue weighted by atomic mass is 79.9. The Hall–Kier alpha value is -1.34. The molecule has 1 aromatic rings. The number of hydrogen-bond acceptors (Lipinski definition) is 2. The Morgan fingerprint density at radius 2 is 2.36 bits per heavy atom. The van der Waals surface area contributed by atoms with Crippen molar-refractivity contribution < 1.29 is 13.9 Å². The lowest BCUT2D eigenvalue weighted by Crippen LogP contribution is -1.99. The second-order valence-corrected chi connectivity index (χ2v) is 3.27. The minimum Gasteiger partial charge on any atom is -0.479 e. The fourth-order valence-corrected chi connectivity index (χ4v) is 1.50. The normalized spacial score (nSPS) is 9.21. The van der Waals surface area contributed by atoms with Crippen LogP contribution in [0.25, 0.3) is 0 Å². The van der Waals surface area contributed by atoms with Gasteiger partial charge in [0.05, 0.1) is 10.0 Å². The molecule has 2 nitrogen and oxygen atoms in total. The molecule has 0 saturated heterocycles. The first kappa shape index (κ1) is 10.7. The monoisotopic (exact) mass is 256 g/mol. The zero-order chi connectivity index (χ0) is 10.6. The minimum atomic E-state index is -0.507. The van der Waals surface area contributed by atoms with Crippen LogP contribution >= 0.6 is 15.9 Å². The first-order chi connectivity index (χ1) is 6.69. The summed E-state index contributed by atoms with van der Waals surface area (Å²) in [7, 11) is 0. The van der Waals surface area contributed by atoms with Crippen molar-refractivity contribution in [2.24, 2.45) is 0 Å². The van der Waals surface area contributed by atoms with Gasteiger partial charge in [0.1, 0.15) is 18.2 Å². The summed E-state index contributed by atoms with van der Waals surface area (Å²) in [6.45, 7) is 0.0328. The van der Waals surface area contributed by atoms with Gasteiger partial charge < -0.3 is 4.74 Å². The standard InChI is InChI=1S/C10H6BrFO2/c1-2-3-14-10-7(6-13)4-8(12)5-9(10)11/h1,4-6H,3H2. The Morgan fingerprint density at radius 3 is 2.93 bits per heavy atom. The predicted octanol–water partition coefficient (Wildman–Crippen LogP) is 2.41. The molecular weight excluding hydrogens is 251 g/mol. The van der Waals surface area contributed by atoms with Crippen molar-refractivity contribution in [1.29, 1.82) is 0 Å². The number of hydrogen-bond donors (Lipinski definition) is 0. The average molecular weight is 257 g/mol. The molecule has 0 N–H and O–H groups in total. The molecule has 0 aromatic heterocycles. The van der Waals surface area contributed by atoms with E-state index in [0.717, 1.165) is 6.07 Å². The topological polar surface area (TPSA) is 26.3 Å². The molecule has 14 heavy (non-hydrogen) atoms. The van der Waals surface area contributed by atoms with E-state index in [9.17, 15) is 9.18 Å². The van der Waals surface area contributed by atoms with Crippen LogP contribution in [0.5, 0.6) is 5.75 Å². The first-order valence-electron chi connectivity index (χ1n) is 3.69. The molecule has 4 heteroatoms. The van der Waals surface area contributed by atoms with E-state index in [2.05, 4.69) is 21.9 Å². The quantitative estimate of drug-likeness (QED) is 0.614. The van der Waals surface area contributed by atoms with Crippen LogP contribution in [0.1, 0.15) is 10.4 Å². The van der Waals surface area contributed by atoms with Crippen molar-refractivity contribution in [2.75, 3.05) is 6.61 Å². The highest BCUT2D eigenvalue weighted by Gasteiger charge is 2.09. The summed E-state index contributed by atoms with van der Waals surface area (Å²) in [6, 6.07) is 2.29. The van der Waals surface area contributed by atoms with Gasteiger partial charge in [-0.2, -0.15) is 0 Å². The zero-order valence-electron chi connectivity index (χ0n) is 7.09. The Morgan fingerprint density at radius 1 is 1.64 bits per heavy atom. The Labute approximate surface area is 89.2 Å². The van der Waals surface area contributed by atoms with E-state index in [1.54, 1.807) is 0 Å². The molecule has 0 bridgehead atoms. The molecule has 0 spiro atoms. The molecule has 0 saturated carbocycles. The average Bonchev–Trinajstić information content (AvgIpc) is 2.15. The number of ether oxygens (including phenoxy) is 1. The van der Waals surface area contributed by atoms with Gasteiger partial charge in [0.25, 0.3) is 0 Å². The van der Waals surface area contributed by atoms with Crippen LogP contribution in [-0.2, 0) is 0 Å². The lowest BCUT2D eigenvalue weighted by molar-refractivity contribution is 0.111. The molecule has 0 aliphatic heterocycles. The van der Waals surface area contributed by atoms with Gasteiger partial charge in [0, 0.05) is 0 Å². The number of aldehydes is 1. The van der Waals surface area contributed by atoms with Gasteiger partial charge in [-0.25, -0.2) is 4.39 Å². The van der Waals surface area contributed by atoms with Crippen LogP contribution in [0.3, 0.4) is 0 Å². The second kappa shape index (κ2) is 4.77. The fourth-order valence-electron chi connectivity index (χ4n) is 0.934. The SMILES string of the molecule is C#CCOc1c(Br)cc(F)cc1C=O. The van der Waals surface area contributed by atoms with Crippen molar-refractivity contribution in [1.82, 2.24) is 0 Å². The molecule has 72 valence electrons. The maximum absolute atomic E-state index is 12.8. The fraction of sp³-hybridized carbons (Fsp3) is 0.100. The largest absolute Gasteiger partial charge is 0.479 e. The number of rotatable bonds is 3. The molecule has 0 fully saturated rings. The smallest absolute Gasteiger partial charge is 0.153 e. The Balaban J connectivity index is 3.13. The van der Waals surface area contributed by atoms with Gasteiger partial charge in [0.15, 0.2) is 6.29 Å². The maximum atomic E-state index is 12.8. The van der Waals surface area contributed by atoms with E-state index in [-0.39, 0.29) is 17.9 Å². The zero-order valence-corrected chi connectivity index (χ0v) is 8.67. The second-order valence-electron chi connectivity index (χ2n) is 2.42. The molecule has 0 amide bonds. The van der Waals surface area contributed by atoms with Crippen molar-refractivity contribution in [2.45, 2.75) is 0 Å². The molecule has 0 aliphatic carbocycles. The van der Waals surface area contributed by atoms with Crippen molar-refractivity contribution in [3.8, 4) is 18.1 Å². The summed E-state index contributed by atoms with van der Waals surface area (Å²) in [6.07, 6.45) is 5.51. The molecule has 1 aromatic carbocycles. The third-order valence-electron chi connectivity index (χ3n) is 1.46. The van der Waals surface area contributed by atoms with Crippen LogP contribution < -0.4 is 4.74 Å². The summed E-state index contributed by atoms with van der Waals surface area (Å²) < 4.78 is 18.3. The molecule has 0 heterocycles. The molecule has 0 atom stereocenters. The summed E-state index contributed by atoms with van der Waals surface area (Å²) >= 11 is 3.08. The third-order valence-corrected chi connectivity index (χ3v) is 2.05. The molecule has 1 rings (SSSR count). The van der Waals surface area contributed by atoms with E-state index < -0.39 is 5.82 Å². The maximum Gasteiger partial charge on any atom is 0.153 e. The Bertz CT molecular complexity index is 396. The van der Waals surface area contributed by atoms with Gasteiger partial charge >= 0.3 is 0 Å². The van der Waals surface area contributed by atoms with Crippen LogP contribution in [-0.4, -0.2) is 12.9 Å². The van der Waals surface area contributed by atoms with Crippen LogP contribution in [0.4, 0.5) is 4.39 Å². The number of halogens is 2. The predicted molar refractivity (Wildman–Crippen MR) is 53.8 cm³/mol. The molecular formula is C10H6BrFO2. The van der Waals surface area contributed by atoms with E-state index >= 15 is 0 Å². The van der Waals surface area contributed by atoms with Gasteiger partial charge in [0.2, 0.25) is 0 Å². The summed E-state index contributed by atoms with van der Waals surface area (Å²) in [5.41, 5.74) is 0.132. The number of carbonyl (C=O) groups is 1. The molecule has 0 aliphatic rings. The first-order valence-corrected chi connectivity index (χ1v) is 4.49. The molecule has 0 unspecified atom stereocenters. The highest BCUT2D eigenvalue weighted by molar-refractivity contribution is 9.10. The van der Waals surface area contributed by atoms with Gasteiger partial charge in [-0.3, -0.25) is 4.79 Å². The summed E-state index contributed by atoms with van der Waals surface area (Å²) in [5, 5.41) is 0. The lowest BCUT2D eigenvalue weighted by atomic mass is 10.2. The minimum absolute atomic E-state index is 0.0328. The number of carbonyl (C=O) groups excluding carboxylic acids is 1. The van der Waals surface area contributed by atoms with E-state index in [0.29, 0.717) is 10.8 Å². The molecule has 0 radical (unpaired) electrons. The van der Waals surface area contributed by atoms with Crippen molar-refractivity contribution in [3.63, 3.8) is 0 Å². The van der Waals surface area contributed by atoms with E-state index in [1.165, 1.54) is 6.07 Å². The van der Waals surface area contributed by atoms with Crippen molar-refractivity contribution >= 4 is 22.2 Å². The van der Waals surface area contributed by atoms with E-state index in [1.807, 2.05) is 0 Å². The Kier molecular flexibility index (Phi) is 3.66. The van der Waals surface area contributed by atoms with E-state index in [4.69, 9.17) is 11.2 Å². The van der Waals surface area contributed by atoms with Gasteiger partial charge in [-0.05, 0) is 28.1 Å². The van der Waals surface area contributed by atoms with Gasteiger partial charge in [-0.15, -0.1) is 6.42 Å². The highest BCUT2D eigenvalue weighted by Crippen LogP contribution is 2.29. The summed E-state index contributed by atoms with van der Waals surface area (Å²) in [4.78, 5) is 10.6. The van der Waals surface area contributed by atoms with Crippen LogP contribution in [0.2, 0.25) is 0 Å². The number of terminal acetylenes is 1. The van der Waals surface area contributed by atoms with Crippen LogP contribution in [0.15, 0.2) is 16.6 Å². The van der Waals surface area contributed by atoms with Gasteiger partial charge in [-0.1, -0.05) is 5.92 Å². The van der Waals surface area contributed by atoms with Crippen LogP contribution in [0, 0.1) is 18.2 Å². The van der Waals surface area contributed by atoms with Crippen molar-refractivity contribution in [3.05, 3.63) is 28.0 Å². The lowest BCUT2D eigenvalue weighted by Gasteiger charge is -2.07. The third kappa shape index (κ3) is 2.33. The number of benzene rings is 1.